The lowest BCUT2D eigenvalue weighted by atomic mass is 10.4. The summed E-state index contributed by atoms with van der Waals surface area (Å²) in [5.41, 5.74) is 2.59. The summed E-state index contributed by atoms with van der Waals surface area (Å²) in [6, 6.07) is 5.86. The molecule has 0 amide bonds. The van der Waals surface area contributed by atoms with Crippen molar-refractivity contribution in [2.24, 2.45) is 0 Å². The Kier molecular flexibility index (Phi) is 4.29. The number of aromatic nitrogens is 2. The quantitative estimate of drug-likeness (QED) is 0.713. The Labute approximate surface area is 112 Å². The summed E-state index contributed by atoms with van der Waals surface area (Å²) in [4.78, 5) is 3.72. The molecule has 2 nitrogen and oxygen atoms in total. The van der Waals surface area contributed by atoms with Gasteiger partial charge in [0.25, 0.3) is 0 Å². The third-order valence-electron chi connectivity index (χ3n) is 2.01. The van der Waals surface area contributed by atoms with E-state index in [0.29, 0.717) is 5.69 Å². The van der Waals surface area contributed by atoms with E-state index in [2.05, 4.69) is 20.9 Å². The molecule has 0 radical (unpaired) electrons. The first-order valence-electron chi connectivity index (χ1n) is 4.03. The predicted octanol–water partition coefficient (Wildman–Crippen LogP) is 4.30. The SMILES string of the molecule is Cc1cccc2nc(C(Cl)Cl)c(Br)n12.Cl. The zero-order valence-corrected chi connectivity index (χ0v) is 11.7. The molecule has 2 rings (SSSR count). The molecule has 0 unspecified atom stereocenters. The van der Waals surface area contributed by atoms with Crippen molar-refractivity contribution in [3.63, 3.8) is 0 Å². The highest BCUT2D eigenvalue weighted by atomic mass is 79.9. The van der Waals surface area contributed by atoms with Gasteiger partial charge in [0.05, 0.1) is 0 Å². The van der Waals surface area contributed by atoms with E-state index in [9.17, 15) is 0 Å². The van der Waals surface area contributed by atoms with Crippen molar-refractivity contribution < 1.29 is 0 Å². The molecule has 2 aromatic rings. The Balaban J connectivity index is 0.00000112. The lowest BCUT2D eigenvalue weighted by molar-refractivity contribution is 1.06. The lowest BCUT2D eigenvalue weighted by Gasteiger charge is -2.00. The van der Waals surface area contributed by atoms with Gasteiger partial charge in [-0.2, -0.15) is 0 Å². The molecular weight excluding hydrogens is 322 g/mol. The van der Waals surface area contributed by atoms with Crippen LogP contribution >= 0.6 is 51.5 Å². The molecule has 0 saturated carbocycles. The summed E-state index contributed by atoms with van der Waals surface area (Å²) in [5.74, 6) is 0. The molecular formula is C9H8BrCl3N2. The van der Waals surface area contributed by atoms with Crippen LogP contribution in [-0.4, -0.2) is 9.38 Å². The van der Waals surface area contributed by atoms with E-state index in [1.165, 1.54) is 0 Å². The van der Waals surface area contributed by atoms with Crippen molar-refractivity contribution >= 4 is 57.2 Å². The van der Waals surface area contributed by atoms with Gasteiger partial charge in [0.2, 0.25) is 0 Å². The van der Waals surface area contributed by atoms with E-state index in [4.69, 9.17) is 23.2 Å². The van der Waals surface area contributed by atoms with Gasteiger partial charge < -0.3 is 0 Å². The van der Waals surface area contributed by atoms with Gasteiger partial charge in [0.15, 0.2) is 4.84 Å². The first-order chi connectivity index (χ1) is 6.61. The number of rotatable bonds is 1. The van der Waals surface area contributed by atoms with E-state index >= 15 is 0 Å². The van der Waals surface area contributed by atoms with Gasteiger partial charge in [-0.15, -0.1) is 12.4 Å². The highest BCUT2D eigenvalue weighted by molar-refractivity contribution is 9.10. The Hall–Kier alpha value is 0.0400. The number of hydrogen-bond donors (Lipinski definition) is 0. The van der Waals surface area contributed by atoms with Gasteiger partial charge in [-0.3, -0.25) is 4.40 Å². The largest absolute Gasteiger partial charge is 0.291 e. The topological polar surface area (TPSA) is 17.3 Å². The molecule has 2 aromatic heterocycles. The third kappa shape index (κ3) is 2.26. The maximum Gasteiger partial charge on any atom is 0.152 e. The summed E-state index contributed by atoms with van der Waals surface area (Å²) in [7, 11) is 0. The van der Waals surface area contributed by atoms with Crippen molar-refractivity contribution in [3.05, 3.63) is 34.2 Å². The van der Waals surface area contributed by atoms with Crippen molar-refractivity contribution in [2.75, 3.05) is 0 Å². The van der Waals surface area contributed by atoms with E-state index in [1.54, 1.807) is 0 Å². The molecule has 0 aromatic carbocycles. The van der Waals surface area contributed by atoms with Crippen LogP contribution in [0.4, 0.5) is 0 Å². The standard InChI is InChI=1S/C9H7BrCl2N2.ClH/c1-5-3-2-4-6-13-7(9(11)12)8(10)14(5)6;/h2-4,9H,1H3;1H. The highest BCUT2D eigenvalue weighted by Crippen LogP contribution is 2.31. The minimum Gasteiger partial charge on any atom is -0.291 e. The zero-order chi connectivity index (χ0) is 10.3. The van der Waals surface area contributed by atoms with Gasteiger partial charge in [0.1, 0.15) is 15.9 Å². The molecule has 0 aliphatic heterocycles. The maximum atomic E-state index is 5.79. The average Bonchev–Trinajstić information content (AvgIpc) is 2.45. The van der Waals surface area contributed by atoms with Gasteiger partial charge in [-0.05, 0) is 35.0 Å². The Morgan fingerprint density at radius 2 is 2.07 bits per heavy atom. The van der Waals surface area contributed by atoms with E-state index in [1.807, 2.05) is 29.5 Å². The molecule has 6 heteroatoms. The smallest absolute Gasteiger partial charge is 0.152 e. The molecule has 82 valence electrons. The van der Waals surface area contributed by atoms with Crippen molar-refractivity contribution in [3.8, 4) is 0 Å². The van der Waals surface area contributed by atoms with Crippen molar-refractivity contribution in [2.45, 2.75) is 11.8 Å². The summed E-state index contributed by atoms with van der Waals surface area (Å²) < 4.78 is 2.79. The summed E-state index contributed by atoms with van der Waals surface area (Å²) >= 11 is 15.0. The molecule has 0 aliphatic carbocycles. The minimum absolute atomic E-state index is 0. The summed E-state index contributed by atoms with van der Waals surface area (Å²) in [6.45, 7) is 2.00. The van der Waals surface area contributed by atoms with Gasteiger partial charge in [-0.1, -0.05) is 29.3 Å². The minimum atomic E-state index is -0.608. The fourth-order valence-corrected chi connectivity index (χ4v) is 2.72. The number of alkyl halides is 2. The van der Waals surface area contributed by atoms with Crippen molar-refractivity contribution in [1.82, 2.24) is 9.38 Å². The number of halogens is 4. The van der Waals surface area contributed by atoms with Crippen LogP contribution in [-0.2, 0) is 0 Å². The molecule has 0 saturated heterocycles. The number of fused-ring (bicyclic) bond motifs is 1. The third-order valence-corrected chi connectivity index (χ3v) is 3.19. The molecule has 0 atom stereocenters. The van der Waals surface area contributed by atoms with Crippen LogP contribution in [0.2, 0.25) is 0 Å². The Bertz CT molecular complexity index is 481. The lowest BCUT2D eigenvalue weighted by Crippen LogP contribution is -1.90. The summed E-state index contributed by atoms with van der Waals surface area (Å²) in [5, 5.41) is 0. The highest BCUT2D eigenvalue weighted by Gasteiger charge is 2.16. The van der Waals surface area contributed by atoms with Crippen LogP contribution in [0, 0.1) is 6.92 Å². The number of nitrogens with zero attached hydrogens (tertiary/aromatic N) is 2. The number of hydrogen-bond acceptors (Lipinski definition) is 1. The second-order valence-corrected chi connectivity index (χ2v) is 4.80. The second kappa shape index (κ2) is 4.91. The maximum absolute atomic E-state index is 5.79. The molecule has 0 spiro atoms. The van der Waals surface area contributed by atoms with Crippen LogP contribution < -0.4 is 0 Å². The number of aryl methyl sites for hydroxylation is 1. The van der Waals surface area contributed by atoms with Gasteiger partial charge >= 0.3 is 0 Å². The zero-order valence-electron chi connectivity index (χ0n) is 7.75. The predicted molar refractivity (Wildman–Crippen MR) is 69.3 cm³/mol. The fraction of sp³-hybridized carbons (Fsp3) is 0.222. The molecule has 0 aliphatic rings. The average molecular weight is 330 g/mol. The molecule has 0 bridgehead atoms. The van der Waals surface area contributed by atoms with E-state index in [-0.39, 0.29) is 12.4 Å². The van der Waals surface area contributed by atoms with Crippen LogP contribution in [0.25, 0.3) is 5.65 Å². The van der Waals surface area contributed by atoms with Crippen molar-refractivity contribution in [1.29, 1.82) is 0 Å². The normalized spacial score (nSPS) is 10.7. The van der Waals surface area contributed by atoms with Gasteiger partial charge in [-0.25, -0.2) is 4.98 Å². The van der Waals surface area contributed by atoms with E-state index < -0.39 is 4.84 Å². The molecule has 0 N–H and O–H groups in total. The van der Waals surface area contributed by atoms with Crippen LogP contribution in [0.1, 0.15) is 16.2 Å². The van der Waals surface area contributed by atoms with E-state index in [0.717, 1.165) is 15.9 Å². The first-order valence-corrected chi connectivity index (χ1v) is 5.69. The fourth-order valence-electron chi connectivity index (χ4n) is 1.37. The molecule has 2 heterocycles. The Morgan fingerprint density at radius 1 is 1.40 bits per heavy atom. The molecule has 0 fully saturated rings. The van der Waals surface area contributed by atoms with Crippen LogP contribution in [0.3, 0.4) is 0 Å². The summed E-state index contributed by atoms with van der Waals surface area (Å²) in [6.07, 6.45) is 0. The molecule has 15 heavy (non-hydrogen) atoms. The number of pyridine rings is 1. The monoisotopic (exact) mass is 328 g/mol. The van der Waals surface area contributed by atoms with Crippen LogP contribution in [0.5, 0.6) is 0 Å². The van der Waals surface area contributed by atoms with Gasteiger partial charge in [0, 0.05) is 5.69 Å². The second-order valence-electron chi connectivity index (χ2n) is 2.95. The Morgan fingerprint density at radius 3 is 2.60 bits per heavy atom. The number of imidazole rings is 1. The first kappa shape index (κ1) is 13.1. The van der Waals surface area contributed by atoms with Crippen LogP contribution in [0.15, 0.2) is 22.8 Å².